The molecule has 1 aliphatic heterocycles. The lowest BCUT2D eigenvalue weighted by Gasteiger charge is -2.22. The first kappa shape index (κ1) is 20.1. The molecular formula is C22H21Cl2N7. The third kappa shape index (κ3) is 3.92. The van der Waals surface area contributed by atoms with Gasteiger partial charge in [0.2, 0.25) is 0 Å². The highest BCUT2D eigenvalue weighted by Crippen LogP contribution is 2.36. The maximum atomic E-state index is 6.34. The van der Waals surface area contributed by atoms with Crippen molar-refractivity contribution in [2.75, 3.05) is 18.8 Å². The Morgan fingerprint density at radius 3 is 2.58 bits per heavy atom. The van der Waals surface area contributed by atoms with Gasteiger partial charge in [-0.15, -0.1) is 0 Å². The van der Waals surface area contributed by atoms with Gasteiger partial charge in [-0.25, -0.2) is 4.98 Å². The summed E-state index contributed by atoms with van der Waals surface area (Å²) < 4.78 is 2.05. The summed E-state index contributed by atoms with van der Waals surface area (Å²) in [5.41, 5.74) is 10.9. The van der Waals surface area contributed by atoms with Gasteiger partial charge in [-0.1, -0.05) is 29.3 Å². The van der Waals surface area contributed by atoms with E-state index in [4.69, 9.17) is 28.9 Å². The number of halogens is 2. The molecule has 1 aliphatic rings. The molecular weight excluding hydrogens is 433 g/mol. The topological polar surface area (TPSA) is 97.4 Å². The smallest absolute Gasteiger partial charge is 0.132 e. The van der Waals surface area contributed by atoms with E-state index in [0.29, 0.717) is 38.9 Å². The lowest BCUT2D eigenvalue weighted by atomic mass is 10.1. The molecule has 31 heavy (non-hydrogen) atoms. The Balaban J connectivity index is 1.47. The molecule has 158 valence electrons. The average Bonchev–Trinajstić information content (AvgIpc) is 3.45. The summed E-state index contributed by atoms with van der Waals surface area (Å²) in [6, 6.07) is 9.68. The summed E-state index contributed by atoms with van der Waals surface area (Å²) in [6.07, 6.45) is 7.87. The standard InChI is InChI=1S/C22H21Cl2N7/c23-17-2-1-3-18(24)21(17)20-9-19(29-30-20)16-8-13(10-27-22(16)25)14-11-28-31(12-14)15-4-6-26-7-5-15/h1-3,8-12,15,26H,4-7H2,(H2,25,27)(H,29,30). The third-order valence-electron chi connectivity index (χ3n) is 5.62. The van der Waals surface area contributed by atoms with Gasteiger partial charge < -0.3 is 11.1 Å². The number of aromatic nitrogens is 5. The molecule has 0 radical (unpaired) electrons. The van der Waals surface area contributed by atoms with Crippen LogP contribution < -0.4 is 11.1 Å². The fraction of sp³-hybridized carbons (Fsp3) is 0.227. The predicted octanol–water partition coefficient (Wildman–Crippen LogP) is 4.82. The summed E-state index contributed by atoms with van der Waals surface area (Å²) >= 11 is 12.7. The van der Waals surface area contributed by atoms with Crippen LogP contribution in [0.5, 0.6) is 0 Å². The fourth-order valence-corrected chi connectivity index (χ4v) is 4.54. The molecule has 0 spiro atoms. The quantitative estimate of drug-likeness (QED) is 0.411. The van der Waals surface area contributed by atoms with E-state index in [2.05, 4.69) is 36.5 Å². The largest absolute Gasteiger partial charge is 0.383 e. The number of hydrogen-bond donors (Lipinski definition) is 3. The summed E-state index contributed by atoms with van der Waals surface area (Å²) in [7, 11) is 0. The average molecular weight is 454 g/mol. The van der Waals surface area contributed by atoms with Crippen LogP contribution in [0.25, 0.3) is 33.6 Å². The number of nitrogens with zero attached hydrogens (tertiary/aromatic N) is 4. The Kier molecular flexibility index (Phi) is 5.40. The Hall–Kier alpha value is -2.87. The summed E-state index contributed by atoms with van der Waals surface area (Å²) in [6.45, 7) is 2.04. The minimum atomic E-state index is 0.401. The van der Waals surface area contributed by atoms with Crippen LogP contribution in [-0.2, 0) is 0 Å². The number of H-pyrrole nitrogens is 1. The number of hydrogen-bond acceptors (Lipinski definition) is 5. The van der Waals surface area contributed by atoms with Crippen molar-refractivity contribution in [1.29, 1.82) is 0 Å². The molecule has 0 amide bonds. The molecule has 4 N–H and O–H groups in total. The molecule has 7 nitrogen and oxygen atoms in total. The second kappa shape index (κ2) is 8.34. The zero-order chi connectivity index (χ0) is 21.4. The first-order valence-corrected chi connectivity index (χ1v) is 10.9. The van der Waals surface area contributed by atoms with E-state index in [0.717, 1.165) is 42.6 Å². The van der Waals surface area contributed by atoms with Crippen LogP contribution in [0.15, 0.2) is 48.9 Å². The first-order valence-electron chi connectivity index (χ1n) is 10.1. The highest BCUT2D eigenvalue weighted by atomic mass is 35.5. The molecule has 0 bridgehead atoms. The van der Waals surface area contributed by atoms with Crippen LogP contribution in [0.1, 0.15) is 18.9 Å². The second-order valence-electron chi connectivity index (χ2n) is 7.61. The van der Waals surface area contributed by atoms with Crippen molar-refractivity contribution in [2.24, 2.45) is 0 Å². The van der Waals surface area contributed by atoms with Gasteiger partial charge >= 0.3 is 0 Å². The van der Waals surface area contributed by atoms with Crippen molar-refractivity contribution in [3.63, 3.8) is 0 Å². The molecule has 0 atom stereocenters. The van der Waals surface area contributed by atoms with Crippen molar-refractivity contribution in [3.8, 4) is 33.6 Å². The zero-order valence-corrected chi connectivity index (χ0v) is 18.2. The number of nitrogens with two attached hydrogens (primary N) is 1. The van der Waals surface area contributed by atoms with Gasteiger partial charge in [0.1, 0.15) is 5.82 Å². The number of pyridine rings is 1. The number of piperidine rings is 1. The van der Waals surface area contributed by atoms with Crippen molar-refractivity contribution in [1.82, 2.24) is 30.3 Å². The molecule has 0 aliphatic carbocycles. The highest BCUT2D eigenvalue weighted by Gasteiger charge is 2.18. The summed E-state index contributed by atoms with van der Waals surface area (Å²) in [5.74, 6) is 0.401. The lowest BCUT2D eigenvalue weighted by molar-refractivity contribution is 0.343. The van der Waals surface area contributed by atoms with E-state index in [-0.39, 0.29) is 0 Å². The van der Waals surface area contributed by atoms with Gasteiger partial charge in [0, 0.05) is 34.6 Å². The molecule has 4 heterocycles. The Bertz CT molecular complexity index is 1200. The Morgan fingerprint density at radius 1 is 1.03 bits per heavy atom. The van der Waals surface area contributed by atoms with Crippen LogP contribution in [0, 0.1) is 0 Å². The lowest BCUT2D eigenvalue weighted by Crippen LogP contribution is -2.29. The van der Waals surface area contributed by atoms with Crippen molar-refractivity contribution >= 4 is 29.0 Å². The van der Waals surface area contributed by atoms with Crippen LogP contribution in [0.3, 0.4) is 0 Å². The molecule has 1 aromatic carbocycles. The van der Waals surface area contributed by atoms with Crippen LogP contribution in [-0.4, -0.2) is 38.1 Å². The van der Waals surface area contributed by atoms with E-state index < -0.39 is 0 Å². The SMILES string of the molecule is Nc1ncc(-c2cnn(C3CCNCC3)c2)cc1-c1cc(-c2c(Cl)cccc2Cl)[nH]n1. The van der Waals surface area contributed by atoms with Crippen molar-refractivity contribution in [2.45, 2.75) is 18.9 Å². The first-order chi connectivity index (χ1) is 15.1. The predicted molar refractivity (Wildman–Crippen MR) is 124 cm³/mol. The van der Waals surface area contributed by atoms with E-state index in [1.807, 2.05) is 18.3 Å². The number of rotatable bonds is 4. The van der Waals surface area contributed by atoms with Crippen molar-refractivity contribution in [3.05, 3.63) is 59.0 Å². The molecule has 0 saturated carbocycles. The number of aromatic amines is 1. The second-order valence-corrected chi connectivity index (χ2v) is 8.42. The van der Waals surface area contributed by atoms with Crippen LogP contribution in [0.4, 0.5) is 5.82 Å². The van der Waals surface area contributed by atoms with E-state index in [1.54, 1.807) is 24.4 Å². The van der Waals surface area contributed by atoms with Gasteiger partial charge in [-0.3, -0.25) is 9.78 Å². The maximum absolute atomic E-state index is 6.34. The summed E-state index contributed by atoms with van der Waals surface area (Å²) in [4.78, 5) is 4.40. The normalized spacial score (nSPS) is 14.8. The van der Waals surface area contributed by atoms with Gasteiger partial charge in [0.25, 0.3) is 0 Å². The highest BCUT2D eigenvalue weighted by molar-refractivity contribution is 6.39. The maximum Gasteiger partial charge on any atom is 0.132 e. The Labute approximate surface area is 189 Å². The molecule has 9 heteroatoms. The van der Waals surface area contributed by atoms with Gasteiger partial charge in [0.05, 0.1) is 33.7 Å². The minimum absolute atomic E-state index is 0.401. The number of nitrogen functional groups attached to an aromatic ring is 1. The van der Waals surface area contributed by atoms with Gasteiger partial charge in [-0.05, 0) is 50.2 Å². The number of nitrogens with one attached hydrogen (secondary N) is 2. The molecule has 1 saturated heterocycles. The fourth-order valence-electron chi connectivity index (χ4n) is 3.94. The molecule has 5 rings (SSSR count). The molecule has 4 aromatic rings. The third-order valence-corrected chi connectivity index (χ3v) is 6.25. The zero-order valence-electron chi connectivity index (χ0n) is 16.6. The van der Waals surface area contributed by atoms with Crippen LogP contribution in [0.2, 0.25) is 10.0 Å². The number of anilines is 1. The summed E-state index contributed by atoms with van der Waals surface area (Å²) in [5, 5.41) is 16.5. The molecule has 3 aromatic heterocycles. The van der Waals surface area contributed by atoms with Crippen LogP contribution >= 0.6 is 23.2 Å². The minimum Gasteiger partial charge on any atom is -0.383 e. The monoisotopic (exact) mass is 453 g/mol. The number of benzene rings is 1. The van der Waals surface area contributed by atoms with Crippen molar-refractivity contribution < 1.29 is 0 Å². The van der Waals surface area contributed by atoms with E-state index >= 15 is 0 Å². The Morgan fingerprint density at radius 2 is 1.81 bits per heavy atom. The van der Waals surface area contributed by atoms with Gasteiger partial charge in [0.15, 0.2) is 0 Å². The van der Waals surface area contributed by atoms with E-state index in [9.17, 15) is 0 Å². The van der Waals surface area contributed by atoms with Gasteiger partial charge in [-0.2, -0.15) is 10.2 Å². The van der Waals surface area contributed by atoms with E-state index in [1.165, 1.54) is 0 Å². The molecule has 0 unspecified atom stereocenters. The molecule has 1 fully saturated rings.